The second-order valence-corrected chi connectivity index (χ2v) is 11.7. The van der Waals surface area contributed by atoms with Gasteiger partial charge in [-0.2, -0.15) is 10.5 Å². The lowest BCUT2D eigenvalue weighted by molar-refractivity contribution is 0.466. The summed E-state index contributed by atoms with van der Waals surface area (Å²) in [4.78, 5) is 0. The van der Waals surface area contributed by atoms with E-state index >= 15 is 0 Å². The van der Waals surface area contributed by atoms with Gasteiger partial charge in [-0.15, -0.1) is 11.6 Å². The summed E-state index contributed by atoms with van der Waals surface area (Å²) in [5.74, 6) is 0.826. The number of aryl methyl sites for hydroxylation is 6. The molecule has 2 N–H and O–H groups in total. The van der Waals surface area contributed by atoms with Crippen molar-refractivity contribution in [1.82, 2.24) is 0 Å². The maximum atomic E-state index is 9.86. The van der Waals surface area contributed by atoms with Crippen LogP contribution < -0.4 is 0 Å². The van der Waals surface area contributed by atoms with Crippen LogP contribution in [0.3, 0.4) is 0 Å². The Kier molecular flexibility index (Phi) is 9.62. The van der Waals surface area contributed by atoms with E-state index in [1.807, 2.05) is 52.0 Å². The largest absolute Gasteiger partial charge is 0.507 e. The molecule has 2 aliphatic rings. The molecule has 0 amide bonds. The van der Waals surface area contributed by atoms with Crippen molar-refractivity contribution in [3.8, 4) is 45.9 Å². The average Bonchev–Trinajstić information content (AvgIpc) is 3.57. The predicted octanol–water partition coefficient (Wildman–Crippen LogP) is 9.66. The van der Waals surface area contributed by atoms with Gasteiger partial charge in [0.2, 0.25) is 0 Å². The van der Waals surface area contributed by atoms with Gasteiger partial charge in [-0.25, -0.2) is 0 Å². The van der Waals surface area contributed by atoms with E-state index in [2.05, 4.69) is 42.5 Å². The van der Waals surface area contributed by atoms with Gasteiger partial charge in [-0.3, -0.25) is 0 Å². The van der Waals surface area contributed by atoms with E-state index in [4.69, 9.17) is 22.1 Å². The zero-order chi connectivity index (χ0) is 30.6. The van der Waals surface area contributed by atoms with Crippen molar-refractivity contribution in [2.75, 3.05) is 0 Å². The lowest BCUT2D eigenvalue weighted by Crippen LogP contribution is -1.90. The summed E-state index contributed by atoms with van der Waals surface area (Å²) in [5.41, 5.74) is 13.4. The molecule has 0 aromatic heterocycles. The van der Waals surface area contributed by atoms with Crippen molar-refractivity contribution in [3.63, 3.8) is 0 Å². The molecule has 214 valence electrons. The molecule has 2 aliphatic carbocycles. The Morgan fingerprint density at radius 1 is 0.643 bits per heavy atom. The number of hydrogen-bond acceptors (Lipinski definition) is 4. The minimum Gasteiger partial charge on any atom is -0.507 e. The SMILES string of the molecule is CC#N.Cc1cc(-c2ccc3c(c2)CCC3C#N)cc(C)c1O.Cc1cc(-c2ccc3c(c2)CCC3Cl)cc(C)c1O. The molecule has 4 nitrogen and oxygen atoms in total. The number of rotatable bonds is 2. The van der Waals surface area contributed by atoms with Gasteiger partial charge < -0.3 is 10.2 Å². The summed E-state index contributed by atoms with van der Waals surface area (Å²) >= 11 is 6.28. The number of halogens is 1. The first kappa shape index (κ1) is 30.7. The number of nitriles is 2. The summed E-state index contributed by atoms with van der Waals surface area (Å²) in [7, 11) is 0. The van der Waals surface area contributed by atoms with E-state index in [1.54, 1.807) is 6.07 Å². The van der Waals surface area contributed by atoms with Crippen LogP contribution in [0.5, 0.6) is 11.5 Å². The van der Waals surface area contributed by atoms with E-state index in [1.165, 1.54) is 34.7 Å². The molecular weight excluding hydrogens is 540 g/mol. The molecule has 42 heavy (non-hydrogen) atoms. The highest BCUT2D eigenvalue weighted by Crippen LogP contribution is 2.39. The summed E-state index contributed by atoms with van der Waals surface area (Å²) < 4.78 is 0. The zero-order valence-corrected chi connectivity index (χ0v) is 25.7. The second kappa shape index (κ2) is 13.2. The Labute approximate surface area is 254 Å². The van der Waals surface area contributed by atoms with Gasteiger partial charge >= 0.3 is 0 Å². The van der Waals surface area contributed by atoms with Gasteiger partial charge in [0.15, 0.2) is 0 Å². The van der Waals surface area contributed by atoms with Crippen LogP contribution in [0.1, 0.15) is 75.6 Å². The van der Waals surface area contributed by atoms with E-state index in [0.717, 1.165) is 64.6 Å². The van der Waals surface area contributed by atoms with Crippen molar-refractivity contribution >= 4 is 11.6 Å². The van der Waals surface area contributed by atoms with Gasteiger partial charge in [-0.1, -0.05) is 36.4 Å². The standard InChI is InChI=1S/C18H17NO.C17H17ClO.C2H3N/c1-11-7-16(8-12(2)18(11)20)13-5-6-17-14(9-13)3-4-15(17)10-19;1-10-7-14(8-11(2)17(10)19)12-3-5-15-13(9-12)4-6-16(15)18;1-2-3/h5-9,15,20H,3-4H2,1-2H3;3,5,7-9,16,19H,4,6H2,1-2H3;1H3. The molecule has 0 heterocycles. The number of fused-ring (bicyclic) bond motifs is 2. The highest BCUT2D eigenvalue weighted by Gasteiger charge is 2.23. The Balaban J connectivity index is 0.000000177. The fourth-order valence-corrected chi connectivity index (χ4v) is 6.24. The second-order valence-electron chi connectivity index (χ2n) is 11.2. The summed E-state index contributed by atoms with van der Waals surface area (Å²) in [6.45, 7) is 9.15. The third kappa shape index (κ3) is 6.46. The minimum atomic E-state index is 0.0577. The molecule has 0 bridgehead atoms. The number of hydrogen-bond donors (Lipinski definition) is 2. The van der Waals surface area contributed by atoms with Gasteiger partial charge in [0.05, 0.1) is 23.4 Å². The van der Waals surface area contributed by atoms with Crippen LogP contribution in [-0.4, -0.2) is 10.2 Å². The lowest BCUT2D eigenvalue weighted by atomic mass is 9.95. The third-order valence-corrected chi connectivity index (χ3v) is 8.63. The Hall–Kier alpha value is -4.25. The first-order chi connectivity index (χ1) is 20.1. The highest BCUT2D eigenvalue weighted by atomic mass is 35.5. The molecule has 0 spiro atoms. The van der Waals surface area contributed by atoms with Crippen molar-refractivity contribution < 1.29 is 10.2 Å². The highest BCUT2D eigenvalue weighted by molar-refractivity contribution is 6.21. The van der Waals surface area contributed by atoms with Crippen LogP contribution in [0.2, 0.25) is 0 Å². The summed E-state index contributed by atoms with van der Waals surface area (Å²) in [6, 6.07) is 25.1. The molecule has 2 unspecified atom stereocenters. The van der Waals surface area contributed by atoms with Crippen LogP contribution in [0, 0.1) is 50.4 Å². The maximum absolute atomic E-state index is 9.86. The van der Waals surface area contributed by atoms with Crippen LogP contribution >= 0.6 is 11.6 Å². The topological polar surface area (TPSA) is 88.0 Å². The number of benzene rings is 4. The molecule has 0 radical (unpaired) electrons. The lowest BCUT2D eigenvalue weighted by Gasteiger charge is -2.10. The van der Waals surface area contributed by atoms with Crippen molar-refractivity contribution in [2.45, 2.75) is 71.6 Å². The monoisotopic (exact) mass is 576 g/mol. The number of phenols is 2. The van der Waals surface area contributed by atoms with Gasteiger partial charge in [0.25, 0.3) is 0 Å². The average molecular weight is 577 g/mol. The number of phenolic OH excluding ortho intramolecular Hbond substituents is 2. The van der Waals surface area contributed by atoms with Gasteiger partial charge in [0.1, 0.15) is 11.5 Å². The zero-order valence-electron chi connectivity index (χ0n) is 24.9. The normalized spacial score (nSPS) is 16.1. The molecule has 4 aromatic rings. The Morgan fingerprint density at radius 3 is 1.50 bits per heavy atom. The van der Waals surface area contributed by atoms with Crippen molar-refractivity contribution in [3.05, 3.63) is 105 Å². The van der Waals surface area contributed by atoms with Crippen LogP contribution in [0.4, 0.5) is 0 Å². The van der Waals surface area contributed by atoms with Crippen LogP contribution in [0.15, 0.2) is 60.7 Å². The van der Waals surface area contributed by atoms with E-state index in [-0.39, 0.29) is 11.3 Å². The molecule has 5 heteroatoms. The van der Waals surface area contributed by atoms with Crippen LogP contribution in [0.25, 0.3) is 22.3 Å². The summed E-state index contributed by atoms with van der Waals surface area (Å²) in [5, 5.41) is 36.3. The molecule has 2 atom stereocenters. The molecule has 0 saturated carbocycles. The number of nitrogens with zero attached hydrogens (tertiary/aromatic N) is 2. The third-order valence-electron chi connectivity index (χ3n) is 8.17. The maximum Gasteiger partial charge on any atom is 0.121 e. The van der Waals surface area contributed by atoms with Crippen molar-refractivity contribution in [2.24, 2.45) is 0 Å². The van der Waals surface area contributed by atoms with Gasteiger partial charge in [0, 0.05) is 6.92 Å². The molecule has 0 saturated heterocycles. The molecule has 6 rings (SSSR count). The van der Waals surface area contributed by atoms with Crippen molar-refractivity contribution in [1.29, 1.82) is 10.5 Å². The Morgan fingerprint density at radius 2 is 1.05 bits per heavy atom. The summed E-state index contributed by atoms with van der Waals surface area (Å²) in [6.07, 6.45) is 4.02. The molecule has 0 aliphatic heterocycles. The fourth-order valence-electron chi connectivity index (χ4n) is 5.92. The van der Waals surface area contributed by atoms with E-state index < -0.39 is 0 Å². The smallest absolute Gasteiger partial charge is 0.121 e. The minimum absolute atomic E-state index is 0.0577. The quantitative estimate of drug-likeness (QED) is 0.232. The Bertz CT molecular complexity index is 1660. The predicted molar refractivity (Wildman–Crippen MR) is 171 cm³/mol. The molecule has 4 aromatic carbocycles. The molecule has 0 fully saturated rings. The van der Waals surface area contributed by atoms with Crippen LogP contribution in [-0.2, 0) is 12.8 Å². The first-order valence-corrected chi connectivity index (χ1v) is 14.7. The fraction of sp³-hybridized carbons (Fsp3) is 0.297. The first-order valence-electron chi connectivity index (χ1n) is 14.3. The van der Waals surface area contributed by atoms with E-state index in [0.29, 0.717) is 11.5 Å². The number of alkyl halides is 1. The van der Waals surface area contributed by atoms with E-state index in [9.17, 15) is 10.2 Å². The number of aromatic hydroxyl groups is 2. The van der Waals surface area contributed by atoms with Gasteiger partial charge in [-0.05, 0) is 144 Å². The molecular formula is C37H37ClN2O2.